The quantitative estimate of drug-likeness (QED) is 0.636. The molecule has 0 spiro atoms. The van der Waals surface area contributed by atoms with E-state index in [4.69, 9.17) is 16.7 Å². The molecule has 0 radical (unpaired) electrons. The SMILES string of the molecule is C=CC(=O)N1Cc2c(-c3ccncc3)c(-c3ccc(Cl)cc3)nn2[C@H](C)C1. The van der Waals surface area contributed by atoms with Gasteiger partial charge in [0.05, 0.1) is 18.3 Å². The van der Waals surface area contributed by atoms with Crippen molar-refractivity contribution in [2.75, 3.05) is 6.54 Å². The van der Waals surface area contributed by atoms with Gasteiger partial charge in [-0.25, -0.2) is 0 Å². The molecule has 1 amide bonds. The van der Waals surface area contributed by atoms with Crippen molar-refractivity contribution in [2.24, 2.45) is 0 Å². The number of halogens is 1. The standard InChI is InChI=1S/C21H19ClN4O/c1-3-19(27)25-12-14(2)26-18(13-25)20(15-8-10-23-11-9-15)21(24-26)16-4-6-17(22)7-5-16/h3-11,14H,1,12-13H2,2H3/t14-/m1/s1. The van der Waals surface area contributed by atoms with Crippen molar-refractivity contribution >= 4 is 17.5 Å². The zero-order valence-corrected chi connectivity index (χ0v) is 15.7. The summed E-state index contributed by atoms with van der Waals surface area (Å²) in [6.07, 6.45) is 4.90. The van der Waals surface area contributed by atoms with Crippen LogP contribution in [0.3, 0.4) is 0 Å². The van der Waals surface area contributed by atoms with E-state index >= 15 is 0 Å². The number of benzene rings is 1. The zero-order valence-electron chi connectivity index (χ0n) is 15.0. The van der Waals surface area contributed by atoms with Crippen molar-refractivity contribution in [3.05, 3.63) is 72.2 Å². The average molecular weight is 379 g/mol. The van der Waals surface area contributed by atoms with Gasteiger partial charge in [0.2, 0.25) is 5.91 Å². The number of hydrogen-bond donors (Lipinski definition) is 0. The van der Waals surface area contributed by atoms with Crippen LogP contribution >= 0.6 is 11.6 Å². The molecule has 5 nitrogen and oxygen atoms in total. The second kappa shape index (κ2) is 7.00. The van der Waals surface area contributed by atoms with Crippen LogP contribution in [0.25, 0.3) is 22.4 Å². The van der Waals surface area contributed by atoms with Gasteiger partial charge < -0.3 is 4.90 Å². The third-order valence-electron chi connectivity index (χ3n) is 4.83. The highest BCUT2D eigenvalue weighted by atomic mass is 35.5. The molecule has 1 aliphatic rings. The minimum Gasteiger partial charge on any atom is -0.331 e. The maximum Gasteiger partial charge on any atom is 0.246 e. The number of amides is 1. The van der Waals surface area contributed by atoms with E-state index in [0.717, 1.165) is 28.1 Å². The highest BCUT2D eigenvalue weighted by Gasteiger charge is 2.30. The maximum absolute atomic E-state index is 12.2. The average Bonchev–Trinajstić information content (AvgIpc) is 3.08. The molecular formula is C21H19ClN4O. The van der Waals surface area contributed by atoms with Crippen LogP contribution in [0.4, 0.5) is 0 Å². The van der Waals surface area contributed by atoms with Gasteiger partial charge in [0.15, 0.2) is 0 Å². The van der Waals surface area contributed by atoms with Crippen LogP contribution in [0.2, 0.25) is 5.02 Å². The molecule has 0 unspecified atom stereocenters. The lowest BCUT2D eigenvalue weighted by Gasteiger charge is -2.32. The Bertz CT molecular complexity index is 995. The van der Waals surface area contributed by atoms with Crippen molar-refractivity contribution in [3.63, 3.8) is 0 Å². The van der Waals surface area contributed by atoms with Crippen molar-refractivity contribution in [1.82, 2.24) is 19.7 Å². The number of carbonyl (C=O) groups excluding carboxylic acids is 1. The van der Waals surface area contributed by atoms with E-state index in [1.807, 2.05) is 46.0 Å². The maximum atomic E-state index is 12.2. The fraction of sp³-hybridized carbons (Fsp3) is 0.190. The predicted octanol–water partition coefficient (Wildman–Crippen LogP) is 4.35. The van der Waals surface area contributed by atoms with Gasteiger partial charge >= 0.3 is 0 Å². The van der Waals surface area contributed by atoms with Crippen LogP contribution < -0.4 is 0 Å². The third kappa shape index (κ3) is 3.15. The van der Waals surface area contributed by atoms with Crippen LogP contribution in [0.15, 0.2) is 61.4 Å². The lowest BCUT2D eigenvalue weighted by Crippen LogP contribution is -2.39. The van der Waals surface area contributed by atoms with E-state index in [1.54, 1.807) is 12.4 Å². The summed E-state index contributed by atoms with van der Waals surface area (Å²) < 4.78 is 2.03. The summed E-state index contributed by atoms with van der Waals surface area (Å²) in [5.41, 5.74) is 4.93. The first-order chi connectivity index (χ1) is 13.1. The largest absolute Gasteiger partial charge is 0.331 e. The number of pyridine rings is 1. The summed E-state index contributed by atoms with van der Waals surface area (Å²) in [5, 5.41) is 5.60. The Kier molecular flexibility index (Phi) is 4.54. The smallest absolute Gasteiger partial charge is 0.246 e. The number of aromatic nitrogens is 3. The molecule has 0 N–H and O–H groups in total. The first-order valence-corrected chi connectivity index (χ1v) is 9.15. The number of hydrogen-bond acceptors (Lipinski definition) is 3. The van der Waals surface area contributed by atoms with Crippen LogP contribution in [0.5, 0.6) is 0 Å². The summed E-state index contributed by atoms with van der Waals surface area (Å²) >= 11 is 6.06. The highest BCUT2D eigenvalue weighted by Crippen LogP contribution is 2.38. The van der Waals surface area contributed by atoms with Crippen molar-refractivity contribution < 1.29 is 4.79 Å². The summed E-state index contributed by atoms with van der Waals surface area (Å²) in [5.74, 6) is -0.0666. The third-order valence-corrected chi connectivity index (χ3v) is 5.08. The highest BCUT2D eigenvalue weighted by molar-refractivity contribution is 6.30. The minimum absolute atomic E-state index is 0.0666. The van der Waals surface area contributed by atoms with Gasteiger partial charge in [-0.3, -0.25) is 14.5 Å². The summed E-state index contributed by atoms with van der Waals surface area (Å²) in [6.45, 7) is 6.79. The molecule has 27 heavy (non-hydrogen) atoms. The first kappa shape index (κ1) is 17.5. The summed E-state index contributed by atoms with van der Waals surface area (Å²) in [7, 11) is 0. The molecular weight excluding hydrogens is 360 g/mol. The van der Waals surface area contributed by atoms with Crippen LogP contribution in [-0.4, -0.2) is 32.1 Å². The molecule has 0 saturated carbocycles. The number of rotatable bonds is 3. The topological polar surface area (TPSA) is 51.0 Å². The van der Waals surface area contributed by atoms with Gasteiger partial charge in [-0.15, -0.1) is 0 Å². The molecule has 1 aromatic carbocycles. The van der Waals surface area contributed by atoms with Crippen LogP contribution in [0, 0.1) is 0 Å². The van der Waals surface area contributed by atoms with Crippen molar-refractivity contribution in [3.8, 4) is 22.4 Å². The van der Waals surface area contributed by atoms with Gasteiger partial charge in [0, 0.05) is 35.1 Å². The second-order valence-corrected chi connectivity index (χ2v) is 7.07. The fourth-order valence-electron chi connectivity index (χ4n) is 3.56. The Labute approximate surface area is 162 Å². The Morgan fingerprint density at radius 2 is 1.89 bits per heavy atom. The van der Waals surface area contributed by atoms with E-state index in [1.165, 1.54) is 6.08 Å². The Balaban J connectivity index is 1.92. The molecule has 0 saturated heterocycles. The number of nitrogens with zero attached hydrogens (tertiary/aromatic N) is 4. The van der Waals surface area contributed by atoms with E-state index in [9.17, 15) is 4.79 Å². The first-order valence-electron chi connectivity index (χ1n) is 8.77. The fourth-order valence-corrected chi connectivity index (χ4v) is 3.68. The van der Waals surface area contributed by atoms with Gasteiger partial charge in [-0.05, 0) is 42.8 Å². The minimum atomic E-state index is -0.0666. The lowest BCUT2D eigenvalue weighted by molar-refractivity contribution is -0.127. The van der Waals surface area contributed by atoms with E-state index in [2.05, 4.69) is 18.5 Å². The number of fused-ring (bicyclic) bond motifs is 1. The van der Waals surface area contributed by atoms with Crippen molar-refractivity contribution in [1.29, 1.82) is 0 Å². The molecule has 0 bridgehead atoms. The van der Waals surface area contributed by atoms with Gasteiger partial charge in [0.25, 0.3) is 0 Å². The second-order valence-electron chi connectivity index (χ2n) is 6.63. The molecule has 6 heteroatoms. The van der Waals surface area contributed by atoms with Gasteiger partial charge in [-0.2, -0.15) is 5.10 Å². The van der Waals surface area contributed by atoms with E-state index < -0.39 is 0 Å². The molecule has 4 rings (SSSR count). The molecule has 136 valence electrons. The van der Waals surface area contributed by atoms with Gasteiger partial charge in [0.1, 0.15) is 5.69 Å². The molecule has 1 atom stereocenters. The van der Waals surface area contributed by atoms with E-state index in [0.29, 0.717) is 18.1 Å². The zero-order chi connectivity index (χ0) is 19.0. The van der Waals surface area contributed by atoms with Crippen LogP contribution in [-0.2, 0) is 11.3 Å². The molecule has 1 aliphatic heterocycles. The predicted molar refractivity (Wildman–Crippen MR) is 106 cm³/mol. The summed E-state index contributed by atoms with van der Waals surface area (Å²) in [4.78, 5) is 18.2. The number of carbonyl (C=O) groups is 1. The van der Waals surface area contributed by atoms with Crippen LogP contribution in [0.1, 0.15) is 18.7 Å². The van der Waals surface area contributed by atoms with E-state index in [-0.39, 0.29) is 11.9 Å². The molecule has 3 aromatic rings. The van der Waals surface area contributed by atoms with Gasteiger partial charge in [-0.1, -0.05) is 30.3 Å². The Hall–Kier alpha value is -2.92. The molecule has 2 aromatic heterocycles. The normalized spacial score (nSPS) is 16.1. The van der Waals surface area contributed by atoms with Crippen molar-refractivity contribution in [2.45, 2.75) is 19.5 Å². The monoisotopic (exact) mass is 378 g/mol. The molecule has 0 aliphatic carbocycles. The molecule has 3 heterocycles. The molecule has 0 fully saturated rings. The Morgan fingerprint density at radius 1 is 1.19 bits per heavy atom. The summed E-state index contributed by atoms with van der Waals surface area (Å²) in [6, 6.07) is 11.7. The Morgan fingerprint density at radius 3 is 2.56 bits per heavy atom. The lowest BCUT2D eigenvalue weighted by atomic mass is 9.98.